The van der Waals surface area contributed by atoms with Gasteiger partial charge in [-0.3, -0.25) is 4.99 Å². The molecule has 2 nitrogen and oxygen atoms in total. The van der Waals surface area contributed by atoms with E-state index < -0.39 is 0 Å². The van der Waals surface area contributed by atoms with Crippen molar-refractivity contribution in [3.63, 3.8) is 0 Å². The summed E-state index contributed by atoms with van der Waals surface area (Å²) in [5.41, 5.74) is 3.28. The fourth-order valence-electron chi connectivity index (χ4n) is 2.10. The summed E-state index contributed by atoms with van der Waals surface area (Å²) in [4.78, 5) is 5.61. The number of rotatable bonds is 4. The minimum atomic E-state index is 0.708. The molecule has 1 heterocycles. The van der Waals surface area contributed by atoms with Gasteiger partial charge in [-0.2, -0.15) is 0 Å². The first kappa shape index (κ1) is 17.3. The average molecular weight is 421 g/mol. The predicted octanol–water partition coefficient (Wildman–Crippen LogP) is 7.21. The van der Waals surface area contributed by atoms with Crippen LogP contribution in [0.1, 0.15) is 16.9 Å². The minimum Gasteiger partial charge on any atom is -0.447 e. The summed E-state index contributed by atoms with van der Waals surface area (Å²) >= 11 is 11.0. The molecule has 3 rings (SSSR count). The first-order valence-electron chi connectivity index (χ1n) is 7.35. The zero-order chi connectivity index (χ0) is 17.1. The second-order valence-corrected chi connectivity index (χ2v) is 7.73. The average Bonchev–Trinajstić information content (AvgIpc) is 2.90. The summed E-state index contributed by atoms with van der Waals surface area (Å²) < 4.78 is 6.78. The van der Waals surface area contributed by atoms with E-state index in [-0.39, 0.29) is 0 Å². The molecule has 0 aliphatic carbocycles. The maximum atomic E-state index is 5.91. The van der Waals surface area contributed by atoms with Crippen molar-refractivity contribution < 1.29 is 4.42 Å². The van der Waals surface area contributed by atoms with Crippen molar-refractivity contribution in [2.24, 2.45) is 4.99 Å². The third-order valence-corrected chi connectivity index (χ3v) is 5.49. The van der Waals surface area contributed by atoms with E-state index in [1.165, 1.54) is 17.3 Å². The van der Waals surface area contributed by atoms with E-state index in [1.807, 2.05) is 37.3 Å². The maximum Gasteiger partial charge on any atom is 0.179 e. The summed E-state index contributed by atoms with van der Waals surface area (Å²) in [5, 5.41) is 1.51. The van der Waals surface area contributed by atoms with Crippen molar-refractivity contribution in [2.75, 3.05) is 0 Å². The van der Waals surface area contributed by atoms with Gasteiger partial charge in [-0.05, 0) is 71.2 Å². The molecule has 0 radical (unpaired) electrons. The van der Waals surface area contributed by atoms with Crippen molar-refractivity contribution in [1.29, 1.82) is 0 Å². The molecule has 0 aliphatic heterocycles. The lowest BCUT2D eigenvalue weighted by Crippen LogP contribution is -1.79. The van der Waals surface area contributed by atoms with Crippen LogP contribution in [-0.4, -0.2) is 6.21 Å². The van der Waals surface area contributed by atoms with Gasteiger partial charge in [0.15, 0.2) is 5.09 Å². The molecule has 2 aromatic carbocycles. The number of aliphatic imine (C=N–C) groups is 1. The molecule has 0 fully saturated rings. The molecular formula is C19H15BrClNOS. The Labute approximate surface area is 159 Å². The van der Waals surface area contributed by atoms with Crippen LogP contribution in [-0.2, 0) is 0 Å². The number of aryl methyl sites for hydroxylation is 2. The Bertz CT molecular complexity index is 887. The van der Waals surface area contributed by atoms with E-state index in [9.17, 15) is 0 Å². The topological polar surface area (TPSA) is 25.5 Å². The number of hydrogen-bond acceptors (Lipinski definition) is 3. The van der Waals surface area contributed by atoms with E-state index in [2.05, 4.69) is 46.0 Å². The Kier molecular flexibility index (Phi) is 5.49. The molecule has 0 saturated heterocycles. The van der Waals surface area contributed by atoms with Gasteiger partial charge < -0.3 is 4.42 Å². The highest BCUT2D eigenvalue weighted by molar-refractivity contribution is 9.10. The number of furan rings is 1. The Hall–Kier alpha value is -1.49. The van der Waals surface area contributed by atoms with Crippen LogP contribution in [0.4, 0.5) is 5.69 Å². The van der Waals surface area contributed by atoms with Gasteiger partial charge in [-0.15, -0.1) is 0 Å². The summed E-state index contributed by atoms with van der Waals surface area (Å²) in [7, 11) is 0. The molecule has 0 aliphatic rings. The van der Waals surface area contributed by atoms with Gasteiger partial charge in [0, 0.05) is 16.0 Å². The van der Waals surface area contributed by atoms with Gasteiger partial charge in [0.2, 0.25) is 0 Å². The quantitative estimate of drug-likeness (QED) is 0.416. The molecule has 0 spiro atoms. The molecule has 0 unspecified atom stereocenters. The van der Waals surface area contributed by atoms with Crippen LogP contribution in [0.15, 0.2) is 72.4 Å². The van der Waals surface area contributed by atoms with Crippen molar-refractivity contribution in [1.82, 2.24) is 0 Å². The van der Waals surface area contributed by atoms with E-state index in [4.69, 9.17) is 16.0 Å². The fraction of sp³-hybridized carbons (Fsp3) is 0.105. The van der Waals surface area contributed by atoms with Crippen LogP contribution >= 0.6 is 39.3 Å². The first-order valence-corrected chi connectivity index (χ1v) is 9.34. The molecule has 0 saturated carbocycles. The third kappa shape index (κ3) is 4.32. The molecule has 0 bridgehead atoms. The van der Waals surface area contributed by atoms with Gasteiger partial charge in [-0.25, -0.2) is 0 Å². The smallest absolute Gasteiger partial charge is 0.179 e. The summed E-state index contributed by atoms with van der Waals surface area (Å²) in [6, 6.07) is 15.8. The molecular weight excluding hydrogens is 406 g/mol. The van der Waals surface area contributed by atoms with Crippen LogP contribution in [0, 0.1) is 13.8 Å². The molecule has 5 heteroatoms. The largest absolute Gasteiger partial charge is 0.447 e. The van der Waals surface area contributed by atoms with Crippen molar-refractivity contribution in [3.05, 3.63) is 74.9 Å². The van der Waals surface area contributed by atoms with Crippen LogP contribution < -0.4 is 0 Å². The number of hydrogen-bond donors (Lipinski definition) is 0. The van der Waals surface area contributed by atoms with Crippen LogP contribution in [0.25, 0.3) is 0 Å². The van der Waals surface area contributed by atoms with Crippen LogP contribution in [0.5, 0.6) is 0 Å². The Morgan fingerprint density at radius 1 is 1.08 bits per heavy atom. The molecule has 3 aromatic rings. The Morgan fingerprint density at radius 3 is 2.58 bits per heavy atom. The highest BCUT2D eigenvalue weighted by atomic mass is 79.9. The Morgan fingerprint density at radius 2 is 1.83 bits per heavy atom. The molecule has 24 heavy (non-hydrogen) atoms. The molecule has 1 aromatic heterocycles. The monoisotopic (exact) mass is 419 g/mol. The van der Waals surface area contributed by atoms with Crippen molar-refractivity contribution in [2.45, 2.75) is 23.8 Å². The lowest BCUT2D eigenvalue weighted by atomic mass is 10.1. The second-order valence-electron chi connectivity index (χ2n) is 5.39. The van der Waals surface area contributed by atoms with Crippen molar-refractivity contribution in [3.8, 4) is 0 Å². The zero-order valence-electron chi connectivity index (χ0n) is 13.2. The highest BCUT2D eigenvalue weighted by Gasteiger charge is 2.10. The van der Waals surface area contributed by atoms with E-state index in [0.29, 0.717) is 5.76 Å². The second kappa shape index (κ2) is 7.60. The predicted molar refractivity (Wildman–Crippen MR) is 105 cm³/mol. The van der Waals surface area contributed by atoms with Gasteiger partial charge in [0.05, 0.1) is 16.4 Å². The lowest BCUT2D eigenvalue weighted by molar-refractivity contribution is 0.466. The summed E-state index contributed by atoms with van der Waals surface area (Å²) in [6.07, 6.45) is 1.75. The molecule has 0 amide bonds. The number of nitrogens with zero attached hydrogens (tertiary/aromatic N) is 1. The summed E-state index contributed by atoms with van der Waals surface area (Å²) in [6.45, 7) is 4.11. The molecule has 122 valence electrons. The fourth-order valence-corrected chi connectivity index (χ4v) is 3.56. The van der Waals surface area contributed by atoms with Crippen LogP contribution in [0.2, 0.25) is 5.02 Å². The minimum absolute atomic E-state index is 0.708. The van der Waals surface area contributed by atoms with E-state index >= 15 is 0 Å². The summed E-state index contributed by atoms with van der Waals surface area (Å²) in [5.74, 6) is 0.708. The standard InChI is InChI=1S/C19H15BrClNOS/c1-12-3-4-13(2)18(9-12)22-11-15-10-17(20)19(23-15)24-16-7-5-14(21)6-8-16/h3-11H,1-2H3. The van der Waals surface area contributed by atoms with E-state index in [0.717, 1.165) is 30.7 Å². The highest BCUT2D eigenvalue weighted by Crippen LogP contribution is 2.36. The number of halogens is 2. The molecule has 0 N–H and O–H groups in total. The van der Waals surface area contributed by atoms with E-state index in [1.54, 1.807) is 6.21 Å². The van der Waals surface area contributed by atoms with Gasteiger partial charge in [-0.1, -0.05) is 35.5 Å². The van der Waals surface area contributed by atoms with Crippen LogP contribution in [0.3, 0.4) is 0 Å². The Balaban J connectivity index is 1.79. The third-order valence-electron chi connectivity index (χ3n) is 3.39. The van der Waals surface area contributed by atoms with Gasteiger partial charge >= 0.3 is 0 Å². The van der Waals surface area contributed by atoms with Gasteiger partial charge in [0.25, 0.3) is 0 Å². The molecule has 0 atom stereocenters. The lowest BCUT2D eigenvalue weighted by Gasteiger charge is -2.00. The zero-order valence-corrected chi connectivity index (χ0v) is 16.4. The van der Waals surface area contributed by atoms with Gasteiger partial charge in [0.1, 0.15) is 5.76 Å². The number of benzene rings is 2. The van der Waals surface area contributed by atoms with Crippen molar-refractivity contribution >= 4 is 51.2 Å². The SMILES string of the molecule is Cc1ccc(C)c(N=Cc2cc(Br)c(Sc3ccc(Cl)cc3)o2)c1. The first-order chi connectivity index (χ1) is 11.5. The normalized spacial score (nSPS) is 11.3. The maximum absolute atomic E-state index is 5.91.